The smallest absolute Gasteiger partial charge is 0.416 e. The van der Waals surface area contributed by atoms with Crippen molar-refractivity contribution >= 4 is 27.4 Å². The van der Waals surface area contributed by atoms with Gasteiger partial charge in [-0.1, -0.05) is 6.07 Å². The van der Waals surface area contributed by atoms with Gasteiger partial charge >= 0.3 is 12.1 Å². The largest absolute Gasteiger partial charge is 0.478 e. The van der Waals surface area contributed by atoms with Gasteiger partial charge in [0.1, 0.15) is 0 Å². The second kappa shape index (κ2) is 8.75. The SMILES string of the molecule is Cc1ccc(C(=O)O)cc1S(=O)(=O)Nc1cc(C(F)(F)F)ccc1N1CCCOCC1. The van der Waals surface area contributed by atoms with E-state index in [1.807, 2.05) is 0 Å². The molecule has 11 heteroatoms. The summed E-state index contributed by atoms with van der Waals surface area (Å²) in [6.07, 6.45) is -4.03. The number of carbonyl (C=O) groups is 1. The molecule has 0 unspecified atom stereocenters. The highest BCUT2D eigenvalue weighted by Gasteiger charge is 2.32. The van der Waals surface area contributed by atoms with Gasteiger partial charge in [0, 0.05) is 19.7 Å². The van der Waals surface area contributed by atoms with Gasteiger partial charge in [0.05, 0.1) is 34.0 Å². The molecule has 1 saturated heterocycles. The van der Waals surface area contributed by atoms with Gasteiger partial charge in [-0.25, -0.2) is 13.2 Å². The third kappa shape index (κ3) is 5.28. The van der Waals surface area contributed by atoms with Crippen molar-refractivity contribution in [3.05, 3.63) is 53.1 Å². The summed E-state index contributed by atoms with van der Waals surface area (Å²) in [7, 11) is -4.37. The molecular formula is C20H21F3N2O5S. The molecule has 0 amide bonds. The Morgan fingerprint density at radius 1 is 1.13 bits per heavy atom. The van der Waals surface area contributed by atoms with E-state index in [2.05, 4.69) is 4.72 Å². The fourth-order valence-corrected chi connectivity index (χ4v) is 4.62. The normalized spacial score (nSPS) is 15.4. The molecular weight excluding hydrogens is 437 g/mol. The number of sulfonamides is 1. The Morgan fingerprint density at radius 3 is 2.55 bits per heavy atom. The quantitative estimate of drug-likeness (QED) is 0.709. The summed E-state index contributed by atoms with van der Waals surface area (Å²) in [6, 6.07) is 6.44. The predicted octanol–water partition coefficient (Wildman–Crippen LogP) is 3.74. The van der Waals surface area contributed by atoms with Crippen molar-refractivity contribution in [3.63, 3.8) is 0 Å². The summed E-state index contributed by atoms with van der Waals surface area (Å²) in [6.45, 7) is 3.19. The number of nitrogens with one attached hydrogen (secondary N) is 1. The van der Waals surface area contributed by atoms with Crippen molar-refractivity contribution in [2.24, 2.45) is 0 Å². The first-order valence-electron chi connectivity index (χ1n) is 9.40. The minimum absolute atomic E-state index is 0.239. The Balaban J connectivity index is 2.07. The van der Waals surface area contributed by atoms with Crippen LogP contribution >= 0.6 is 0 Å². The van der Waals surface area contributed by atoms with Crippen LogP contribution in [0.3, 0.4) is 0 Å². The van der Waals surface area contributed by atoms with E-state index in [1.165, 1.54) is 25.1 Å². The summed E-state index contributed by atoms with van der Waals surface area (Å²) >= 11 is 0. The molecule has 0 bridgehead atoms. The van der Waals surface area contributed by atoms with Crippen LogP contribution in [0.5, 0.6) is 0 Å². The zero-order valence-corrected chi connectivity index (χ0v) is 17.4. The van der Waals surface area contributed by atoms with Crippen molar-refractivity contribution in [3.8, 4) is 0 Å². The maximum Gasteiger partial charge on any atom is 0.416 e. The average Bonchev–Trinajstić information content (AvgIpc) is 2.96. The predicted molar refractivity (Wildman–Crippen MR) is 108 cm³/mol. The van der Waals surface area contributed by atoms with Gasteiger partial charge in [-0.15, -0.1) is 0 Å². The molecule has 1 aliphatic heterocycles. The van der Waals surface area contributed by atoms with Gasteiger partial charge in [0.15, 0.2) is 0 Å². The number of aromatic carboxylic acids is 1. The van der Waals surface area contributed by atoms with E-state index < -0.39 is 27.7 Å². The number of benzene rings is 2. The van der Waals surface area contributed by atoms with Gasteiger partial charge in [-0.2, -0.15) is 13.2 Å². The van der Waals surface area contributed by atoms with Crippen LogP contribution in [0.2, 0.25) is 0 Å². The Labute approximate surface area is 177 Å². The fraction of sp³-hybridized carbons (Fsp3) is 0.350. The number of aryl methyl sites for hydroxylation is 1. The van der Waals surface area contributed by atoms with Crippen molar-refractivity contribution in [2.45, 2.75) is 24.4 Å². The van der Waals surface area contributed by atoms with Crippen molar-refractivity contribution in [2.75, 3.05) is 35.9 Å². The average molecular weight is 458 g/mol. The van der Waals surface area contributed by atoms with Gasteiger partial charge in [-0.05, 0) is 49.2 Å². The number of carboxylic acids is 1. The number of ether oxygens (including phenoxy) is 1. The number of rotatable bonds is 5. The van der Waals surface area contributed by atoms with Crippen LogP contribution in [0, 0.1) is 6.92 Å². The fourth-order valence-electron chi connectivity index (χ4n) is 3.28. The molecule has 2 aromatic rings. The molecule has 0 radical (unpaired) electrons. The minimum Gasteiger partial charge on any atom is -0.478 e. The number of anilines is 2. The van der Waals surface area contributed by atoms with E-state index >= 15 is 0 Å². The first-order chi connectivity index (χ1) is 14.5. The van der Waals surface area contributed by atoms with Gasteiger partial charge in [0.25, 0.3) is 10.0 Å². The highest BCUT2D eigenvalue weighted by Crippen LogP contribution is 2.37. The lowest BCUT2D eigenvalue weighted by Gasteiger charge is -2.26. The maximum absolute atomic E-state index is 13.3. The molecule has 0 spiro atoms. The van der Waals surface area contributed by atoms with Crippen LogP contribution in [-0.2, 0) is 20.9 Å². The molecule has 1 aliphatic rings. The van der Waals surface area contributed by atoms with Gasteiger partial charge < -0.3 is 14.7 Å². The zero-order valence-electron chi connectivity index (χ0n) is 16.6. The monoisotopic (exact) mass is 458 g/mol. The van der Waals surface area contributed by atoms with E-state index in [0.717, 1.165) is 18.2 Å². The summed E-state index contributed by atoms with van der Waals surface area (Å²) in [4.78, 5) is 12.7. The molecule has 31 heavy (non-hydrogen) atoms. The van der Waals surface area contributed by atoms with Crippen LogP contribution in [-0.4, -0.2) is 45.8 Å². The van der Waals surface area contributed by atoms with Crippen LogP contribution in [0.15, 0.2) is 41.3 Å². The standard InChI is InChI=1S/C20H21F3N2O5S/c1-13-3-4-14(19(26)27)11-18(13)31(28,29)24-16-12-15(20(21,22)23)5-6-17(16)25-7-2-9-30-10-8-25/h3-6,11-12,24H,2,7-10H2,1H3,(H,26,27). The Bertz CT molecular complexity index is 1080. The third-order valence-corrected chi connectivity index (χ3v) is 6.36. The van der Waals surface area contributed by atoms with Crippen molar-refractivity contribution < 1.29 is 36.2 Å². The molecule has 0 aliphatic carbocycles. The Kier molecular flexibility index (Phi) is 6.46. The molecule has 3 rings (SSSR count). The lowest BCUT2D eigenvalue weighted by molar-refractivity contribution is -0.137. The van der Waals surface area contributed by atoms with Crippen LogP contribution in [0.1, 0.15) is 27.9 Å². The molecule has 2 aromatic carbocycles. The lowest BCUT2D eigenvalue weighted by Crippen LogP contribution is -2.28. The summed E-state index contributed by atoms with van der Waals surface area (Å²) in [5, 5.41) is 9.16. The summed E-state index contributed by atoms with van der Waals surface area (Å²) in [5.41, 5.74) is -0.948. The molecule has 2 N–H and O–H groups in total. The second-order valence-electron chi connectivity index (χ2n) is 7.07. The first kappa shape index (κ1) is 22.9. The zero-order chi connectivity index (χ0) is 22.8. The van der Waals surface area contributed by atoms with E-state index in [9.17, 15) is 26.4 Å². The van der Waals surface area contributed by atoms with E-state index in [4.69, 9.17) is 9.84 Å². The topological polar surface area (TPSA) is 95.9 Å². The number of halogens is 3. The molecule has 7 nitrogen and oxygen atoms in total. The molecule has 0 saturated carbocycles. The van der Waals surface area contributed by atoms with E-state index in [1.54, 1.807) is 4.90 Å². The number of hydrogen-bond donors (Lipinski definition) is 2. The first-order valence-corrected chi connectivity index (χ1v) is 10.9. The molecule has 0 aromatic heterocycles. The van der Waals surface area contributed by atoms with Crippen LogP contribution < -0.4 is 9.62 Å². The number of hydrogen-bond acceptors (Lipinski definition) is 5. The minimum atomic E-state index is -4.67. The van der Waals surface area contributed by atoms with Crippen molar-refractivity contribution in [1.82, 2.24) is 0 Å². The van der Waals surface area contributed by atoms with Crippen LogP contribution in [0.25, 0.3) is 0 Å². The third-order valence-electron chi connectivity index (χ3n) is 4.86. The Morgan fingerprint density at radius 2 is 1.87 bits per heavy atom. The second-order valence-corrected chi connectivity index (χ2v) is 8.72. The van der Waals surface area contributed by atoms with Gasteiger partial charge in [0.2, 0.25) is 0 Å². The molecule has 0 atom stereocenters. The molecule has 1 heterocycles. The molecule has 1 fully saturated rings. The highest BCUT2D eigenvalue weighted by molar-refractivity contribution is 7.92. The Hall–Kier alpha value is -2.79. The summed E-state index contributed by atoms with van der Waals surface area (Å²) in [5.74, 6) is -1.32. The highest BCUT2D eigenvalue weighted by atomic mass is 32.2. The van der Waals surface area contributed by atoms with Crippen LogP contribution in [0.4, 0.5) is 24.5 Å². The number of nitrogens with zero attached hydrogens (tertiary/aromatic N) is 1. The maximum atomic E-state index is 13.3. The molecule has 168 valence electrons. The van der Waals surface area contributed by atoms with E-state index in [-0.39, 0.29) is 27.4 Å². The summed E-state index contributed by atoms with van der Waals surface area (Å²) < 4.78 is 73.5. The number of carboxylic acid groups (broad SMARTS) is 1. The van der Waals surface area contributed by atoms with E-state index in [0.29, 0.717) is 32.7 Å². The van der Waals surface area contributed by atoms with Crippen molar-refractivity contribution in [1.29, 1.82) is 0 Å². The lowest BCUT2D eigenvalue weighted by atomic mass is 10.1. The number of alkyl halides is 3. The van der Waals surface area contributed by atoms with Gasteiger partial charge in [-0.3, -0.25) is 4.72 Å².